The van der Waals surface area contributed by atoms with Crippen LogP contribution in [-0.4, -0.2) is 40.1 Å². The number of anilines is 2. The van der Waals surface area contributed by atoms with Crippen molar-refractivity contribution >= 4 is 22.7 Å². The van der Waals surface area contributed by atoms with E-state index < -0.39 is 0 Å². The molecule has 0 aliphatic carbocycles. The summed E-state index contributed by atoms with van der Waals surface area (Å²) in [5.74, 6) is 8.12. The molecule has 0 atom stereocenters. The van der Waals surface area contributed by atoms with Gasteiger partial charge in [0.05, 0.1) is 24.1 Å². The minimum absolute atomic E-state index is 0.294. The number of fused-ring (bicyclic) bond motifs is 1. The molecule has 1 aliphatic heterocycles. The number of nitrogen functional groups attached to an aromatic ring is 1. The highest BCUT2D eigenvalue weighted by Gasteiger charge is 2.32. The monoisotopic (exact) mass is 311 g/mol. The lowest BCUT2D eigenvalue weighted by Gasteiger charge is -2.39. The number of aromatic nitrogens is 4. The average molecular weight is 311 g/mol. The summed E-state index contributed by atoms with van der Waals surface area (Å²) in [4.78, 5) is 18.6. The smallest absolute Gasteiger partial charge is 0.320 e. The lowest BCUT2D eigenvalue weighted by Crippen LogP contribution is -2.46. The Morgan fingerprint density at radius 2 is 2.09 bits per heavy atom. The first-order valence-electron chi connectivity index (χ1n) is 7.36. The van der Waals surface area contributed by atoms with Crippen LogP contribution >= 0.6 is 0 Å². The Morgan fingerprint density at radius 1 is 1.26 bits per heavy atom. The Kier molecular flexibility index (Phi) is 3.23. The molecule has 0 spiro atoms. The van der Waals surface area contributed by atoms with Crippen molar-refractivity contribution in [3.63, 3.8) is 0 Å². The maximum atomic E-state index is 5.43. The van der Waals surface area contributed by atoms with Gasteiger partial charge in [-0.15, -0.1) is 0 Å². The molecule has 1 aromatic carbocycles. The average Bonchev–Trinajstić information content (AvgIpc) is 2.96. The number of ether oxygens (including phenoxy) is 1. The summed E-state index contributed by atoms with van der Waals surface area (Å²) in [6, 6.07) is 10.2. The van der Waals surface area contributed by atoms with Gasteiger partial charge in [0.25, 0.3) is 0 Å². The molecule has 1 aliphatic rings. The van der Waals surface area contributed by atoms with Gasteiger partial charge in [-0.25, -0.2) is 10.8 Å². The normalized spacial score (nSPS) is 14.8. The SMILES string of the molecule is COc1nc(NN)cc(N2CC(c3nc4ccccc4[nH]3)C2)n1. The molecule has 3 heterocycles. The molecule has 3 aromatic rings. The van der Waals surface area contributed by atoms with E-state index in [0.29, 0.717) is 17.7 Å². The number of para-hydroxylation sites is 2. The highest BCUT2D eigenvalue weighted by molar-refractivity contribution is 5.75. The highest BCUT2D eigenvalue weighted by atomic mass is 16.5. The Labute approximate surface area is 132 Å². The van der Waals surface area contributed by atoms with Crippen LogP contribution in [0, 0.1) is 0 Å². The molecule has 0 saturated carbocycles. The number of hydrazine groups is 1. The zero-order chi connectivity index (χ0) is 15.8. The summed E-state index contributed by atoms with van der Waals surface area (Å²) in [6.45, 7) is 1.67. The fraction of sp³-hybridized carbons (Fsp3) is 0.267. The third-order valence-electron chi connectivity index (χ3n) is 4.02. The topological polar surface area (TPSA) is 105 Å². The molecular weight excluding hydrogens is 294 g/mol. The lowest BCUT2D eigenvalue weighted by molar-refractivity contribution is 0.378. The molecule has 1 fully saturated rings. The molecule has 2 aromatic heterocycles. The highest BCUT2D eigenvalue weighted by Crippen LogP contribution is 2.31. The number of hydrogen-bond donors (Lipinski definition) is 3. The van der Waals surface area contributed by atoms with Gasteiger partial charge in [0.15, 0.2) is 0 Å². The number of rotatable bonds is 4. The summed E-state index contributed by atoms with van der Waals surface area (Å²) in [5, 5.41) is 0. The van der Waals surface area contributed by atoms with Crippen molar-refractivity contribution in [2.24, 2.45) is 5.84 Å². The zero-order valence-corrected chi connectivity index (χ0v) is 12.7. The van der Waals surface area contributed by atoms with E-state index in [4.69, 9.17) is 10.6 Å². The van der Waals surface area contributed by atoms with Crippen molar-refractivity contribution in [3.8, 4) is 6.01 Å². The summed E-state index contributed by atoms with van der Waals surface area (Å²) < 4.78 is 5.10. The molecule has 4 rings (SSSR count). The second kappa shape index (κ2) is 5.40. The summed E-state index contributed by atoms with van der Waals surface area (Å²) in [6.07, 6.45) is 0. The number of nitrogens with one attached hydrogen (secondary N) is 2. The molecule has 0 unspecified atom stereocenters. The van der Waals surface area contributed by atoms with E-state index in [0.717, 1.165) is 35.8 Å². The number of imidazole rings is 1. The van der Waals surface area contributed by atoms with Crippen molar-refractivity contribution in [2.45, 2.75) is 5.92 Å². The summed E-state index contributed by atoms with van der Waals surface area (Å²) in [5.41, 5.74) is 4.60. The molecule has 0 radical (unpaired) electrons. The molecule has 118 valence electrons. The van der Waals surface area contributed by atoms with Crippen LogP contribution < -0.4 is 20.9 Å². The first-order valence-corrected chi connectivity index (χ1v) is 7.36. The van der Waals surface area contributed by atoms with Crippen molar-refractivity contribution in [1.82, 2.24) is 19.9 Å². The van der Waals surface area contributed by atoms with Gasteiger partial charge in [0, 0.05) is 19.2 Å². The van der Waals surface area contributed by atoms with Crippen LogP contribution in [0.5, 0.6) is 6.01 Å². The number of nitrogens with two attached hydrogens (primary N) is 1. The molecular formula is C15H17N7O. The number of hydrogen-bond acceptors (Lipinski definition) is 7. The quantitative estimate of drug-likeness (QED) is 0.492. The molecule has 8 nitrogen and oxygen atoms in total. The maximum absolute atomic E-state index is 5.43. The van der Waals surface area contributed by atoms with E-state index in [1.54, 1.807) is 6.07 Å². The number of H-pyrrole nitrogens is 1. The maximum Gasteiger partial charge on any atom is 0.320 e. The van der Waals surface area contributed by atoms with Gasteiger partial charge < -0.3 is 20.0 Å². The first kappa shape index (κ1) is 13.8. The van der Waals surface area contributed by atoms with Crippen molar-refractivity contribution in [3.05, 3.63) is 36.2 Å². The fourth-order valence-electron chi connectivity index (χ4n) is 2.74. The Bertz CT molecular complexity index is 785. The van der Waals surface area contributed by atoms with Gasteiger partial charge in [0.2, 0.25) is 0 Å². The predicted octanol–water partition coefficient (Wildman–Crippen LogP) is 1.25. The van der Waals surface area contributed by atoms with Crippen LogP contribution in [0.1, 0.15) is 11.7 Å². The standard InChI is InChI=1S/C15H17N7O/c1-23-15-19-12(21-16)6-13(20-15)22-7-9(8-22)14-17-10-4-2-3-5-11(10)18-14/h2-6,9H,7-8,16H2,1H3,(H,17,18)(H,19,20,21). The number of methoxy groups -OCH3 is 1. The number of nitrogens with zero attached hydrogens (tertiary/aromatic N) is 4. The summed E-state index contributed by atoms with van der Waals surface area (Å²) in [7, 11) is 1.53. The van der Waals surface area contributed by atoms with E-state index in [-0.39, 0.29) is 0 Å². The largest absolute Gasteiger partial charge is 0.467 e. The van der Waals surface area contributed by atoms with E-state index in [1.165, 1.54) is 7.11 Å². The molecule has 4 N–H and O–H groups in total. The third kappa shape index (κ3) is 2.42. The van der Waals surface area contributed by atoms with Crippen LogP contribution in [0.15, 0.2) is 30.3 Å². The Morgan fingerprint density at radius 3 is 2.83 bits per heavy atom. The molecule has 0 bridgehead atoms. The molecule has 8 heteroatoms. The van der Waals surface area contributed by atoms with Gasteiger partial charge in [-0.2, -0.15) is 9.97 Å². The Hall–Kier alpha value is -2.87. The van der Waals surface area contributed by atoms with E-state index in [1.807, 2.05) is 24.3 Å². The van der Waals surface area contributed by atoms with E-state index in [2.05, 4.69) is 30.3 Å². The molecule has 1 saturated heterocycles. The minimum Gasteiger partial charge on any atom is -0.467 e. The Balaban J connectivity index is 1.52. The molecule has 0 amide bonds. The summed E-state index contributed by atoms with van der Waals surface area (Å²) >= 11 is 0. The first-order chi connectivity index (χ1) is 11.3. The van der Waals surface area contributed by atoms with Gasteiger partial charge >= 0.3 is 6.01 Å². The second-order valence-corrected chi connectivity index (χ2v) is 5.48. The van der Waals surface area contributed by atoms with Crippen LogP contribution in [0.3, 0.4) is 0 Å². The van der Waals surface area contributed by atoms with Crippen LogP contribution in [0.2, 0.25) is 0 Å². The van der Waals surface area contributed by atoms with Gasteiger partial charge in [-0.3, -0.25) is 0 Å². The second-order valence-electron chi connectivity index (χ2n) is 5.48. The third-order valence-corrected chi connectivity index (χ3v) is 4.02. The van der Waals surface area contributed by atoms with Crippen molar-refractivity contribution < 1.29 is 4.74 Å². The van der Waals surface area contributed by atoms with Crippen LogP contribution in [0.25, 0.3) is 11.0 Å². The number of aromatic amines is 1. The van der Waals surface area contributed by atoms with Crippen molar-refractivity contribution in [2.75, 3.05) is 30.5 Å². The van der Waals surface area contributed by atoms with Gasteiger partial charge in [-0.1, -0.05) is 12.1 Å². The minimum atomic E-state index is 0.294. The predicted molar refractivity (Wildman–Crippen MR) is 87.4 cm³/mol. The van der Waals surface area contributed by atoms with Crippen molar-refractivity contribution in [1.29, 1.82) is 0 Å². The van der Waals surface area contributed by atoms with E-state index >= 15 is 0 Å². The molecule has 23 heavy (non-hydrogen) atoms. The lowest BCUT2D eigenvalue weighted by atomic mass is 9.99. The van der Waals surface area contributed by atoms with Gasteiger partial charge in [0.1, 0.15) is 17.5 Å². The van der Waals surface area contributed by atoms with Crippen LogP contribution in [-0.2, 0) is 0 Å². The number of benzene rings is 1. The van der Waals surface area contributed by atoms with Gasteiger partial charge in [-0.05, 0) is 12.1 Å². The van der Waals surface area contributed by atoms with Crippen LogP contribution in [0.4, 0.5) is 11.6 Å². The fourth-order valence-corrected chi connectivity index (χ4v) is 2.74. The van der Waals surface area contributed by atoms with E-state index in [9.17, 15) is 0 Å². The zero-order valence-electron chi connectivity index (χ0n) is 12.7.